The Hall–Kier alpha value is -4.13. The number of aromatic nitrogens is 1. The van der Waals surface area contributed by atoms with Gasteiger partial charge in [-0.2, -0.15) is 0 Å². The van der Waals surface area contributed by atoms with Crippen molar-refractivity contribution in [2.75, 3.05) is 27.4 Å². The zero-order valence-electron chi connectivity index (χ0n) is 24.9. The number of hydrogen-bond acceptors (Lipinski definition) is 10. The zero-order chi connectivity index (χ0) is 32.4. The van der Waals surface area contributed by atoms with Crippen LogP contribution in [0.1, 0.15) is 48.5 Å². The number of carbonyl (C=O) groups is 2. The number of halogens is 2. The van der Waals surface area contributed by atoms with Crippen molar-refractivity contribution in [2.45, 2.75) is 26.8 Å². The van der Waals surface area contributed by atoms with Crippen molar-refractivity contribution >= 4 is 56.9 Å². The van der Waals surface area contributed by atoms with Crippen LogP contribution in [0.2, 0.25) is 5.02 Å². The predicted molar refractivity (Wildman–Crippen MR) is 173 cm³/mol. The van der Waals surface area contributed by atoms with Gasteiger partial charge in [0.25, 0.3) is 5.56 Å². The molecular weight excluding hydrogens is 688 g/mol. The van der Waals surface area contributed by atoms with Gasteiger partial charge < -0.3 is 23.4 Å². The van der Waals surface area contributed by atoms with Crippen LogP contribution in [0.4, 0.5) is 0 Å². The molecule has 1 aliphatic heterocycles. The summed E-state index contributed by atoms with van der Waals surface area (Å²) in [5.74, 6) is 0.528. The Morgan fingerprint density at radius 1 is 1.09 bits per heavy atom. The molecule has 3 heterocycles. The molecule has 5 rings (SSSR count). The van der Waals surface area contributed by atoms with Gasteiger partial charge >= 0.3 is 11.9 Å². The standard InChI is InChI=1S/C32H28BrClN2O8S/c1-6-42-25-14-21(22(33)15-24(25)40-4)28-27(31(39)43-7-2)16(3)35-32-36(28)29(37)26(45-32)13-18-9-11-23(44-18)20-12-17(34)8-10-19(20)30(38)41-5/h8-15,28H,6-7H2,1-5H3/b26-13+/t28-/m1/s1. The molecule has 0 saturated carbocycles. The van der Waals surface area contributed by atoms with Crippen LogP contribution < -0.4 is 24.4 Å². The third kappa shape index (κ3) is 6.22. The number of nitrogens with zero attached hydrogens (tertiary/aromatic N) is 2. The highest BCUT2D eigenvalue weighted by molar-refractivity contribution is 9.10. The van der Waals surface area contributed by atoms with E-state index in [0.717, 1.165) is 11.3 Å². The zero-order valence-corrected chi connectivity index (χ0v) is 28.1. The molecule has 2 aromatic heterocycles. The van der Waals surface area contributed by atoms with Crippen LogP contribution in [0, 0.1) is 0 Å². The summed E-state index contributed by atoms with van der Waals surface area (Å²) in [6.07, 6.45) is 1.59. The maximum atomic E-state index is 14.1. The second-order valence-electron chi connectivity index (χ2n) is 9.64. The number of rotatable bonds is 9. The highest BCUT2D eigenvalue weighted by atomic mass is 79.9. The molecule has 0 N–H and O–H groups in total. The third-order valence-corrected chi connectivity index (χ3v) is 8.85. The lowest BCUT2D eigenvalue weighted by molar-refractivity contribution is -0.139. The van der Waals surface area contributed by atoms with Crippen molar-refractivity contribution in [3.63, 3.8) is 0 Å². The Morgan fingerprint density at radius 2 is 1.87 bits per heavy atom. The van der Waals surface area contributed by atoms with Gasteiger partial charge in [-0.3, -0.25) is 9.36 Å². The minimum atomic E-state index is -0.886. The van der Waals surface area contributed by atoms with E-state index in [9.17, 15) is 14.4 Å². The molecule has 0 aliphatic carbocycles. The fraction of sp³-hybridized carbons (Fsp3) is 0.250. The van der Waals surface area contributed by atoms with Crippen molar-refractivity contribution in [1.82, 2.24) is 4.57 Å². The van der Waals surface area contributed by atoms with Gasteiger partial charge in [-0.1, -0.05) is 38.9 Å². The highest BCUT2D eigenvalue weighted by Crippen LogP contribution is 2.41. The maximum Gasteiger partial charge on any atom is 0.338 e. The summed E-state index contributed by atoms with van der Waals surface area (Å²) in [7, 11) is 2.82. The normalized spacial score (nSPS) is 14.6. The number of hydrogen-bond donors (Lipinski definition) is 0. The van der Waals surface area contributed by atoms with Crippen LogP contribution in [-0.2, 0) is 14.3 Å². The average Bonchev–Trinajstić information content (AvgIpc) is 3.60. The van der Waals surface area contributed by atoms with Crippen molar-refractivity contribution in [3.8, 4) is 22.8 Å². The highest BCUT2D eigenvalue weighted by Gasteiger charge is 2.35. The number of methoxy groups -OCH3 is 2. The summed E-state index contributed by atoms with van der Waals surface area (Å²) in [6.45, 7) is 5.79. The number of allylic oxidation sites excluding steroid dienone is 1. The fourth-order valence-electron chi connectivity index (χ4n) is 4.99. The topological polar surface area (TPSA) is 119 Å². The molecule has 4 aromatic rings. The van der Waals surface area contributed by atoms with E-state index >= 15 is 0 Å². The van der Waals surface area contributed by atoms with Crippen LogP contribution in [-0.4, -0.2) is 43.9 Å². The van der Waals surface area contributed by atoms with E-state index < -0.39 is 23.5 Å². The summed E-state index contributed by atoms with van der Waals surface area (Å²) in [6, 6.07) is 10.7. The molecule has 0 saturated heterocycles. The Labute approximate surface area is 275 Å². The summed E-state index contributed by atoms with van der Waals surface area (Å²) in [5.41, 5.74) is 1.56. The first-order valence-electron chi connectivity index (χ1n) is 13.8. The van der Waals surface area contributed by atoms with Crippen LogP contribution in [0.25, 0.3) is 17.4 Å². The summed E-state index contributed by atoms with van der Waals surface area (Å²) < 4.78 is 30.0. The minimum absolute atomic E-state index is 0.145. The first-order valence-corrected chi connectivity index (χ1v) is 15.8. The summed E-state index contributed by atoms with van der Waals surface area (Å²) in [5, 5.41) is 0.411. The molecule has 234 valence electrons. The molecule has 1 aliphatic rings. The second-order valence-corrected chi connectivity index (χ2v) is 11.9. The lowest BCUT2D eigenvalue weighted by Gasteiger charge is -2.26. The second kappa shape index (κ2) is 13.5. The van der Waals surface area contributed by atoms with E-state index in [2.05, 4.69) is 20.9 Å². The maximum absolute atomic E-state index is 14.1. The molecule has 0 fully saturated rings. The number of furan rings is 1. The quantitative estimate of drug-likeness (QED) is 0.204. The van der Waals surface area contributed by atoms with E-state index in [4.69, 9.17) is 35.0 Å². The van der Waals surface area contributed by atoms with Gasteiger partial charge in [0.1, 0.15) is 11.5 Å². The summed E-state index contributed by atoms with van der Waals surface area (Å²) >= 11 is 11.0. The number of thiazole rings is 1. The van der Waals surface area contributed by atoms with Crippen molar-refractivity contribution in [2.24, 2.45) is 4.99 Å². The number of carbonyl (C=O) groups excluding carboxylic acids is 2. The Balaban J connectivity index is 1.68. The number of ether oxygens (including phenoxy) is 4. The first-order chi connectivity index (χ1) is 21.6. The van der Waals surface area contributed by atoms with Gasteiger partial charge in [0.2, 0.25) is 0 Å². The average molecular weight is 716 g/mol. The Kier molecular flexibility index (Phi) is 9.66. The SMILES string of the molecule is CCOC(=O)C1=C(C)N=c2s/c(=C/c3ccc(-c4cc(Cl)ccc4C(=O)OC)o3)c(=O)n2[C@@H]1c1cc(OCC)c(OC)cc1Br. The van der Waals surface area contributed by atoms with Gasteiger partial charge in [0.15, 0.2) is 16.3 Å². The Bertz CT molecular complexity index is 2030. The monoisotopic (exact) mass is 714 g/mol. The summed E-state index contributed by atoms with van der Waals surface area (Å²) in [4.78, 5) is 44.8. The van der Waals surface area contributed by atoms with Crippen LogP contribution >= 0.6 is 38.9 Å². The van der Waals surface area contributed by atoms with Crippen molar-refractivity contribution in [1.29, 1.82) is 0 Å². The van der Waals surface area contributed by atoms with Gasteiger partial charge in [0.05, 0.1) is 54.8 Å². The number of benzene rings is 2. The fourth-order valence-corrected chi connectivity index (χ4v) is 6.72. The van der Waals surface area contributed by atoms with Crippen molar-refractivity contribution < 1.29 is 33.0 Å². The lowest BCUT2D eigenvalue weighted by atomic mass is 9.95. The molecule has 0 radical (unpaired) electrons. The minimum Gasteiger partial charge on any atom is -0.493 e. The van der Waals surface area contributed by atoms with Gasteiger partial charge in [-0.25, -0.2) is 14.6 Å². The van der Waals surface area contributed by atoms with Crippen LogP contribution in [0.15, 0.2) is 72.4 Å². The largest absolute Gasteiger partial charge is 0.493 e. The molecule has 0 bridgehead atoms. The van der Waals surface area contributed by atoms with Gasteiger partial charge in [-0.15, -0.1) is 0 Å². The first kappa shape index (κ1) is 32.3. The molecule has 2 aromatic carbocycles. The van der Waals surface area contributed by atoms with Gasteiger partial charge in [0, 0.05) is 21.1 Å². The third-order valence-electron chi connectivity index (χ3n) is 6.95. The van der Waals surface area contributed by atoms with E-state index in [1.165, 1.54) is 18.8 Å². The Morgan fingerprint density at radius 3 is 2.56 bits per heavy atom. The molecular formula is C32H28BrClN2O8S. The molecule has 1 atom stereocenters. The lowest BCUT2D eigenvalue weighted by Crippen LogP contribution is -2.40. The molecule has 0 unspecified atom stereocenters. The molecule has 10 nitrogen and oxygen atoms in total. The van der Waals surface area contributed by atoms with E-state index in [1.54, 1.807) is 62.4 Å². The van der Waals surface area contributed by atoms with Crippen LogP contribution in [0.5, 0.6) is 11.5 Å². The molecule has 13 heteroatoms. The van der Waals surface area contributed by atoms with E-state index in [0.29, 0.717) is 65.3 Å². The smallest absolute Gasteiger partial charge is 0.338 e. The van der Waals surface area contributed by atoms with E-state index in [1.807, 2.05) is 6.92 Å². The molecule has 45 heavy (non-hydrogen) atoms. The molecule has 0 spiro atoms. The number of fused-ring (bicyclic) bond motifs is 1. The number of esters is 2. The van der Waals surface area contributed by atoms with Crippen molar-refractivity contribution in [3.05, 3.63) is 99.8 Å². The van der Waals surface area contributed by atoms with Gasteiger partial charge in [-0.05, 0) is 68.8 Å². The predicted octanol–water partition coefficient (Wildman–Crippen LogP) is 5.67. The van der Waals surface area contributed by atoms with E-state index in [-0.39, 0.29) is 17.7 Å². The molecule has 0 amide bonds. The van der Waals surface area contributed by atoms with Crippen LogP contribution in [0.3, 0.4) is 0 Å².